The summed E-state index contributed by atoms with van der Waals surface area (Å²) in [5, 5.41) is 8.34. The maximum Gasteiger partial charge on any atom is 0.366 e. The van der Waals surface area contributed by atoms with Gasteiger partial charge in [0.2, 0.25) is 12.2 Å². The summed E-state index contributed by atoms with van der Waals surface area (Å²) in [6.45, 7) is 8.60. The fourth-order valence-electron chi connectivity index (χ4n) is 6.83. The first-order valence-corrected chi connectivity index (χ1v) is 19.6. The van der Waals surface area contributed by atoms with Gasteiger partial charge in [0.25, 0.3) is 9.58 Å². The van der Waals surface area contributed by atoms with E-state index in [-0.39, 0.29) is 36.0 Å². The van der Waals surface area contributed by atoms with Gasteiger partial charge < -0.3 is 42.6 Å². The normalized spacial score (nSPS) is 28.2. The zero-order valence-corrected chi connectivity index (χ0v) is 35.3. The lowest BCUT2D eigenvalue weighted by Gasteiger charge is -2.51. The van der Waals surface area contributed by atoms with Crippen LogP contribution in [0.3, 0.4) is 0 Å². The molecule has 18 heteroatoms. The van der Waals surface area contributed by atoms with E-state index in [4.69, 9.17) is 82.8 Å². The van der Waals surface area contributed by atoms with Crippen LogP contribution >= 0.6 is 34.8 Å². The van der Waals surface area contributed by atoms with E-state index in [0.29, 0.717) is 0 Å². The minimum absolute atomic E-state index is 0.0845. The molecule has 2 aliphatic heterocycles. The zero-order valence-electron chi connectivity index (χ0n) is 33.0. The number of hydrogen-bond donors (Lipinski definition) is 1. The Bertz CT molecular complexity index is 1760. The molecule has 0 aromatic heterocycles. The quantitative estimate of drug-likeness (QED) is 0.0738. The van der Waals surface area contributed by atoms with Crippen LogP contribution in [0, 0.1) is 29.1 Å². The lowest BCUT2D eigenvalue weighted by atomic mass is 9.76. The van der Waals surface area contributed by atoms with E-state index in [0.717, 1.165) is 7.11 Å². The fraction of sp³-hybridized carbons (Fsp3) is 0.550. The van der Waals surface area contributed by atoms with Crippen molar-refractivity contribution in [2.24, 2.45) is 23.7 Å². The Morgan fingerprint density at radius 2 is 1.43 bits per heavy atom. The van der Waals surface area contributed by atoms with Crippen LogP contribution in [0.25, 0.3) is 0 Å². The molecule has 2 heterocycles. The maximum absolute atomic E-state index is 14.1. The summed E-state index contributed by atoms with van der Waals surface area (Å²) in [7, 11) is 1.14. The number of carbonyl (C=O) groups excluding carboxylic acids is 5. The van der Waals surface area contributed by atoms with Gasteiger partial charge in [0.05, 0.1) is 24.3 Å². The molecule has 58 heavy (non-hydrogen) atoms. The van der Waals surface area contributed by atoms with Crippen molar-refractivity contribution in [1.29, 1.82) is 5.41 Å². The minimum Gasteiger partial charge on any atom is -0.465 e. The molecule has 0 amide bonds. The highest BCUT2D eigenvalue weighted by Gasteiger charge is 2.59. The van der Waals surface area contributed by atoms with Crippen molar-refractivity contribution in [2.45, 2.75) is 94.4 Å². The summed E-state index contributed by atoms with van der Waals surface area (Å²) in [5.74, 6) is -9.18. The zero-order chi connectivity index (χ0) is 42.9. The van der Waals surface area contributed by atoms with Gasteiger partial charge in [-0.05, 0) is 36.1 Å². The molecule has 2 saturated heterocycles. The van der Waals surface area contributed by atoms with Crippen LogP contribution in [-0.2, 0) is 57.0 Å². The molecule has 1 N–H and O–H groups in total. The molecule has 4 unspecified atom stereocenters. The molecule has 2 aromatic rings. The highest BCUT2D eigenvalue weighted by molar-refractivity contribution is 6.76. The first-order valence-electron chi connectivity index (χ1n) is 18.5. The average Bonchev–Trinajstić information content (AvgIpc) is 3.18. The fourth-order valence-corrected chi connectivity index (χ4v) is 6.97. The molecular weight excluding hydrogens is 825 g/mol. The number of benzene rings is 2. The second-order valence-corrected chi connectivity index (χ2v) is 16.6. The van der Waals surface area contributed by atoms with Gasteiger partial charge in [0.1, 0.15) is 31.5 Å². The number of ether oxygens (including phenoxy) is 9. The summed E-state index contributed by atoms with van der Waals surface area (Å²) < 4.78 is 50.9. The molecule has 0 aliphatic carbocycles. The molecule has 15 nitrogen and oxygen atoms in total. The SMILES string of the molecule is COC(=O)[C@@]1(O[C@@H]2C(C)C(OC(=N)C(Cl)(Cl)Cl)OC(COC(=O)c3ccccc3)[C@@H]2OC(=O)c2ccccc2)CC(C)[C@@H](C)[C@H]([C@H](C)[C@@H](COC(C)=O)OC(C)=O)O1. The smallest absolute Gasteiger partial charge is 0.366 e. The van der Waals surface area contributed by atoms with Crippen molar-refractivity contribution < 1.29 is 66.6 Å². The number of methoxy groups -OCH3 is 1. The average molecular weight is 873 g/mol. The van der Waals surface area contributed by atoms with Crippen LogP contribution in [-0.4, -0.2) is 102 Å². The number of hydrogen-bond acceptors (Lipinski definition) is 15. The van der Waals surface area contributed by atoms with Crippen LogP contribution in [0.4, 0.5) is 0 Å². The second-order valence-electron chi connectivity index (χ2n) is 14.3. The van der Waals surface area contributed by atoms with Crippen molar-refractivity contribution in [3.05, 3.63) is 71.8 Å². The van der Waals surface area contributed by atoms with Crippen molar-refractivity contribution >= 4 is 70.5 Å². The summed E-state index contributed by atoms with van der Waals surface area (Å²) in [5.41, 5.74) is 0.370. The molecule has 318 valence electrons. The third-order valence-electron chi connectivity index (χ3n) is 10.1. The molecule has 11 atom stereocenters. The van der Waals surface area contributed by atoms with Crippen molar-refractivity contribution in [1.82, 2.24) is 0 Å². The molecular formula is C40H48Cl3NO14. The first-order chi connectivity index (χ1) is 27.3. The molecule has 0 bridgehead atoms. The van der Waals surface area contributed by atoms with Crippen LogP contribution in [0.2, 0.25) is 0 Å². The summed E-state index contributed by atoms with van der Waals surface area (Å²) in [6.07, 6.45) is -7.70. The third kappa shape index (κ3) is 11.8. The van der Waals surface area contributed by atoms with Gasteiger partial charge in [0.15, 0.2) is 6.10 Å². The summed E-state index contributed by atoms with van der Waals surface area (Å²) >= 11 is 18.0. The van der Waals surface area contributed by atoms with Crippen LogP contribution in [0.5, 0.6) is 0 Å². The standard InChI is InChI=1S/C40H48Cl3NO14/c1-21-18-39(38(49)50-7,57-31(22(21)2)23(3)29(53-26(6)46)19-51-25(5)45)58-32-24(4)36(56-37(44)40(41,42)43)54-30(20-52-34(47)27-14-10-8-11-15-27)33(32)55-35(48)28-16-12-9-13-17-28/h8-17,21-24,29-33,36,44H,18-20H2,1-7H3/t21?,22-,23-,24?,29-,30?,31-,32-,33+,36?,39+/m1/s1. The topological polar surface area (TPSA) is 192 Å². The molecule has 4 rings (SSSR count). The molecule has 0 radical (unpaired) electrons. The summed E-state index contributed by atoms with van der Waals surface area (Å²) in [4.78, 5) is 65.0. The van der Waals surface area contributed by atoms with Gasteiger partial charge in [-0.2, -0.15) is 0 Å². The van der Waals surface area contributed by atoms with E-state index in [1.54, 1.807) is 50.2 Å². The minimum atomic E-state index is -2.33. The van der Waals surface area contributed by atoms with Crippen molar-refractivity contribution in [3.63, 3.8) is 0 Å². The van der Waals surface area contributed by atoms with E-state index in [1.807, 2.05) is 13.8 Å². The number of carbonyl (C=O) groups is 5. The Kier molecular flexibility index (Phi) is 16.4. The Labute approximate surface area is 351 Å². The highest BCUT2D eigenvalue weighted by Crippen LogP contribution is 2.45. The van der Waals surface area contributed by atoms with E-state index in [1.165, 1.54) is 38.1 Å². The van der Waals surface area contributed by atoms with Gasteiger partial charge >= 0.3 is 29.8 Å². The van der Waals surface area contributed by atoms with Gasteiger partial charge in [-0.3, -0.25) is 15.0 Å². The monoisotopic (exact) mass is 871 g/mol. The Morgan fingerprint density at radius 1 is 0.845 bits per heavy atom. The van der Waals surface area contributed by atoms with Crippen LogP contribution in [0.15, 0.2) is 60.7 Å². The van der Waals surface area contributed by atoms with E-state index >= 15 is 0 Å². The molecule has 0 saturated carbocycles. The van der Waals surface area contributed by atoms with E-state index in [2.05, 4.69) is 0 Å². The Balaban J connectivity index is 1.82. The predicted molar refractivity (Wildman–Crippen MR) is 208 cm³/mol. The number of alkyl halides is 3. The molecule has 2 aliphatic rings. The molecule has 0 spiro atoms. The molecule has 2 fully saturated rings. The Morgan fingerprint density at radius 3 is 1.97 bits per heavy atom. The first kappa shape index (κ1) is 46.7. The van der Waals surface area contributed by atoms with Crippen LogP contribution in [0.1, 0.15) is 68.7 Å². The second kappa shape index (κ2) is 20.3. The number of halogens is 3. The number of nitrogens with one attached hydrogen (secondary N) is 1. The molecule has 2 aromatic carbocycles. The van der Waals surface area contributed by atoms with Crippen molar-refractivity contribution in [3.8, 4) is 0 Å². The lowest BCUT2D eigenvalue weighted by molar-refractivity contribution is -0.354. The maximum atomic E-state index is 14.1. The summed E-state index contributed by atoms with van der Waals surface area (Å²) in [6, 6.07) is 16.1. The predicted octanol–water partition coefficient (Wildman–Crippen LogP) is 6.24. The van der Waals surface area contributed by atoms with Crippen molar-refractivity contribution in [2.75, 3.05) is 20.3 Å². The van der Waals surface area contributed by atoms with Gasteiger partial charge in [-0.15, -0.1) is 0 Å². The van der Waals surface area contributed by atoms with Gasteiger partial charge in [0, 0.05) is 32.1 Å². The highest BCUT2D eigenvalue weighted by atomic mass is 35.6. The Hall–Kier alpha value is -3.99. The number of rotatable bonds is 14. The van der Waals surface area contributed by atoms with E-state index in [9.17, 15) is 24.0 Å². The third-order valence-corrected chi connectivity index (χ3v) is 10.6. The van der Waals surface area contributed by atoms with Gasteiger partial charge in [-0.1, -0.05) is 98.9 Å². The van der Waals surface area contributed by atoms with Crippen LogP contribution < -0.4 is 0 Å². The van der Waals surface area contributed by atoms with Gasteiger partial charge in [-0.25, -0.2) is 14.4 Å². The number of esters is 5. The largest absolute Gasteiger partial charge is 0.465 e. The lowest BCUT2D eigenvalue weighted by Crippen LogP contribution is -2.65. The van der Waals surface area contributed by atoms with E-state index < -0.39 is 101 Å².